The van der Waals surface area contributed by atoms with Gasteiger partial charge in [0, 0.05) is 50.3 Å². The summed E-state index contributed by atoms with van der Waals surface area (Å²) in [6, 6.07) is 59.5. The molecule has 246 valence electrons. The van der Waals surface area contributed by atoms with Crippen molar-refractivity contribution < 1.29 is 4.42 Å². The third-order valence-corrected chi connectivity index (χ3v) is 11.4. The Morgan fingerprint density at radius 3 is 1.57 bits per heavy atom. The summed E-state index contributed by atoms with van der Waals surface area (Å²) >= 11 is 0. The number of hydrogen-bond donors (Lipinski definition) is 0. The summed E-state index contributed by atoms with van der Waals surface area (Å²) in [5.41, 5.74) is 16.0. The maximum Gasteiger partial charge on any atom is 0.135 e. The zero-order valence-corrected chi connectivity index (χ0v) is 28.7. The summed E-state index contributed by atoms with van der Waals surface area (Å²) in [4.78, 5) is 4.84. The third kappa shape index (κ3) is 4.72. The van der Waals surface area contributed by atoms with E-state index in [2.05, 4.69) is 174 Å². The highest BCUT2D eigenvalue weighted by Crippen LogP contribution is 2.55. The van der Waals surface area contributed by atoms with E-state index in [0.717, 1.165) is 47.9 Å². The molecular weight excluding hydrogens is 621 g/mol. The van der Waals surface area contributed by atoms with Crippen molar-refractivity contribution in [2.75, 3.05) is 9.80 Å². The van der Waals surface area contributed by atoms with Gasteiger partial charge in [-0.1, -0.05) is 84.9 Å². The van der Waals surface area contributed by atoms with E-state index in [1.54, 1.807) is 0 Å². The lowest BCUT2D eigenvalue weighted by Crippen LogP contribution is -2.22. The summed E-state index contributed by atoms with van der Waals surface area (Å²) in [5.74, 6) is 0. The molecule has 1 heterocycles. The van der Waals surface area contributed by atoms with E-state index >= 15 is 0 Å². The number of fused-ring (bicyclic) bond motifs is 7. The zero-order valence-electron chi connectivity index (χ0n) is 28.7. The highest BCUT2D eigenvalue weighted by molar-refractivity contribution is 6.09. The smallest absolute Gasteiger partial charge is 0.135 e. The molecule has 0 fully saturated rings. The predicted molar refractivity (Wildman–Crippen MR) is 212 cm³/mol. The Morgan fingerprint density at radius 2 is 0.980 bits per heavy atom. The molecule has 1 aromatic heterocycles. The first-order valence-corrected chi connectivity index (χ1v) is 18.1. The largest absolute Gasteiger partial charge is 0.456 e. The van der Waals surface area contributed by atoms with Gasteiger partial charge in [-0.05, 0) is 139 Å². The molecule has 3 nitrogen and oxygen atoms in total. The van der Waals surface area contributed by atoms with E-state index in [9.17, 15) is 0 Å². The average Bonchev–Trinajstić information content (AvgIpc) is 3.88. The minimum absolute atomic E-state index is 0.0160. The number of rotatable bonds is 6. The Morgan fingerprint density at radius 1 is 0.471 bits per heavy atom. The number of anilines is 6. The first-order valence-electron chi connectivity index (χ1n) is 18.1. The van der Waals surface area contributed by atoms with E-state index < -0.39 is 0 Å². The van der Waals surface area contributed by atoms with Gasteiger partial charge in [0.1, 0.15) is 11.2 Å². The molecular formula is C48H38N2O. The normalized spacial score (nSPS) is 16.1. The molecule has 2 aliphatic rings. The summed E-state index contributed by atoms with van der Waals surface area (Å²) in [6.07, 6.45) is 4.46. The second kappa shape index (κ2) is 11.8. The molecule has 0 N–H and O–H groups in total. The quantitative estimate of drug-likeness (QED) is 0.177. The van der Waals surface area contributed by atoms with Crippen molar-refractivity contribution in [2.24, 2.45) is 0 Å². The standard InChI is InChI=1S/C48H38N2O/c1-33-44(25-26-46-47(33)41-19-11-12-20-45(41)51-46)50(38-17-9-4-10-18-38)40-24-22-35-28-30-48(43(35)32-40)29-27-34-21-23-39(31-42(34)48)49(36-13-5-2-6-14-36)37-15-7-3-8-16-37/h2-26,31-32H,27-30H2,1H3/t48-/m1/s1. The van der Waals surface area contributed by atoms with Crippen LogP contribution in [-0.2, 0) is 18.3 Å². The minimum Gasteiger partial charge on any atom is -0.456 e. The lowest BCUT2D eigenvalue weighted by molar-refractivity contribution is 0.507. The van der Waals surface area contributed by atoms with Gasteiger partial charge in [0.05, 0.1) is 0 Å². The lowest BCUT2D eigenvalue weighted by atomic mass is 9.76. The molecule has 0 saturated carbocycles. The monoisotopic (exact) mass is 658 g/mol. The second-order valence-electron chi connectivity index (χ2n) is 14.1. The van der Waals surface area contributed by atoms with E-state index in [4.69, 9.17) is 4.42 Å². The van der Waals surface area contributed by atoms with Crippen molar-refractivity contribution in [1.29, 1.82) is 0 Å². The summed E-state index contributed by atoms with van der Waals surface area (Å²) < 4.78 is 6.30. The van der Waals surface area contributed by atoms with Gasteiger partial charge >= 0.3 is 0 Å². The Kier molecular flexibility index (Phi) is 6.89. The molecule has 1 spiro atoms. The Hall–Kier alpha value is -6.06. The fourth-order valence-electron chi connectivity index (χ4n) is 9.06. The van der Waals surface area contributed by atoms with Crippen LogP contribution in [0.4, 0.5) is 34.1 Å². The van der Waals surface area contributed by atoms with Gasteiger partial charge in [-0.2, -0.15) is 0 Å². The van der Waals surface area contributed by atoms with E-state index in [0.29, 0.717) is 0 Å². The van der Waals surface area contributed by atoms with Crippen LogP contribution in [0.25, 0.3) is 21.9 Å². The number of benzene rings is 7. The van der Waals surface area contributed by atoms with Crippen molar-refractivity contribution in [2.45, 2.75) is 38.0 Å². The number of furan rings is 1. The first-order chi connectivity index (χ1) is 25.2. The van der Waals surface area contributed by atoms with Crippen molar-refractivity contribution in [3.8, 4) is 0 Å². The van der Waals surface area contributed by atoms with Crippen LogP contribution in [0.2, 0.25) is 0 Å². The molecule has 51 heavy (non-hydrogen) atoms. The first kappa shape index (κ1) is 29.8. The fourth-order valence-corrected chi connectivity index (χ4v) is 9.06. The maximum absolute atomic E-state index is 6.30. The molecule has 0 saturated heterocycles. The SMILES string of the molecule is Cc1c(N(c2ccccc2)c2ccc3c(c2)[C@]2(CCc4ccc(N(c5ccccc5)c5ccccc5)cc42)CC3)ccc2oc3ccccc3c12. The predicted octanol–water partition coefficient (Wildman–Crippen LogP) is 13.0. The Bertz CT molecular complexity index is 2510. The number of nitrogens with zero attached hydrogens (tertiary/aromatic N) is 2. The minimum atomic E-state index is -0.0160. The molecule has 1 atom stereocenters. The molecule has 0 radical (unpaired) electrons. The van der Waals surface area contributed by atoms with E-state index in [-0.39, 0.29) is 5.41 Å². The van der Waals surface area contributed by atoms with Gasteiger partial charge in [-0.15, -0.1) is 0 Å². The van der Waals surface area contributed by atoms with Crippen molar-refractivity contribution in [1.82, 2.24) is 0 Å². The van der Waals surface area contributed by atoms with Crippen LogP contribution >= 0.6 is 0 Å². The Labute approximate surface area is 299 Å². The molecule has 8 aromatic rings. The van der Waals surface area contributed by atoms with Crippen LogP contribution < -0.4 is 9.80 Å². The van der Waals surface area contributed by atoms with Crippen LogP contribution in [0.3, 0.4) is 0 Å². The summed E-state index contributed by atoms with van der Waals surface area (Å²) in [6.45, 7) is 2.24. The van der Waals surface area contributed by atoms with Crippen molar-refractivity contribution in [3.63, 3.8) is 0 Å². The molecule has 2 aliphatic carbocycles. The van der Waals surface area contributed by atoms with Gasteiger partial charge in [-0.3, -0.25) is 0 Å². The van der Waals surface area contributed by atoms with Crippen LogP contribution in [-0.4, -0.2) is 0 Å². The molecule has 0 aliphatic heterocycles. The third-order valence-electron chi connectivity index (χ3n) is 11.4. The summed E-state index contributed by atoms with van der Waals surface area (Å²) in [5, 5.41) is 2.34. The number of para-hydroxylation sites is 4. The highest BCUT2D eigenvalue weighted by atomic mass is 16.3. The van der Waals surface area contributed by atoms with Crippen LogP contribution in [0.1, 0.15) is 40.7 Å². The van der Waals surface area contributed by atoms with Gasteiger partial charge in [0.2, 0.25) is 0 Å². The van der Waals surface area contributed by atoms with Gasteiger partial charge in [0.25, 0.3) is 0 Å². The molecule has 0 bridgehead atoms. The lowest BCUT2D eigenvalue weighted by Gasteiger charge is -2.32. The molecule has 3 heteroatoms. The van der Waals surface area contributed by atoms with E-state index in [1.165, 1.54) is 61.6 Å². The average molecular weight is 659 g/mol. The molecule has 7 aromatic carbocycles. The molecule has 10 rings (SSSR count). The van der Waals surface area contributed by atoms with Crippen LogP contribution in [0.15, 0.2) is 168 Å². The Balaban J connectivity index is 1.12. The highest BCUT2D eigenvalue weighted by Gasteiger charge is 2.45. The topological polar surface area (TPSA) is 19.6 Å². The van der Waals surface area contributed by atoms with Crippen molar-refractivity contribution in [3.05, 3.63) is 192 Å². The van der Waals surface area contributed by atoms with Crippen LogP contribution in [0, 0.1) is 6.92 Å². The summed E-state index contributed by atoms with van der Waals surface area (Å²) in [7, 11) is 0. The second-order valence-corrected chi connectivity index (χ2v) is 14.1. The van der Waals surface area contributed by atoms with E-state index in [1.807, 2.05) is 6.07 Å². The van der Waals surface area contributed by atoms with Crippen LogP contribution in [0.5, 0.6) is 0 Å². The van der Waals surface area contributed by atoms with Gasteiger partial charge in [-0.25, -0.2) is 0 Å². The number of aryl methyl sites for hydroxylation is 3. The van der Waals surface area contributed by atoms with Crippen molar-refractivity contribution >= 4 is 56.1 Å². The molecule has 0 amide bonds. The molecule has 0 unspecified atom stereocenters. The number of hydrogen-bond acceptors (Lipinski definition) is 3. The zero-order chi connectivity index (χ0) is 33.9. The maximum atomic E-state index is 6.30. The van der Waals surface area contributed by atoms with Gasteiger partial charge in [0.15, 0.2) is 0 Å². The fraction of sp³-hybridized carbons (Fsp3) is 0.125. The van der Waals surface area contributed by atoms with Gasteiger partial charge < -0.3 is 14.2 Å².